The highest BCUT2D eigenvalue weighted by molar-refractivity contribution is 5.53. The first kappa shape index (κ1) is 7.59. The van der Waals surface area contributed by atoms with Crippen LogP contribution in [0.2, 0.25) is 0 Å². The van der Waals surface area contributed by atoms with Crippen molar-refractivity contribution in [3.8, 4) is 0 Å². The van der Waals surface area contributed by atoms with E-state index in [0.29, 0.717) is 5.41 Å². The molecule has 64 valence electrons. The molecule has 0 aromatic carbocycles. The van der Waals surface area contributed by atoms with Gasteiger partial charge in [-0.3, -0.25) is 4.68 Å². The lowest BCUT2D eigenvalue weighted by atomic mass is 9.82. The molecular weight excluding hydrogens is 148 g/mol. The SMILES string of the molecule is Cn1cc2c(n1)C=CC(C)(C)C2. The summed E-state index contributed by atoms with van der Waals surface area (Å²) >= 11 is 0. The minimum absolute atomic E-state index is 0.302. The lowest BCUT2D eigenvalue weighted by molar-refractivity contribution is 0.475. The van der Waals surface area contributed by atoms with E-state index in [1.807, 2.05) is 11.7 Å². The summed E-state index contributed by atoms with van der Waals surface area (Å²) in [6, 6.07) is 0. The molecule has 2 rings (SSSR count). The molecule has 2 nitrogen and oxygen atoms in total. The molecule has 1 aliphatic carbocycles. The zero-order valence-electron chi connectivity index (χ0n) is 7.83. The maximum absolute atomic E-state index is 4.35. The van der Waals surface area contributed by atoms with Gasteiger partial charge in [-0.1, -0.05) is 19.9 Å². The largest absolute Gasteiger partial charge is 0.275 e. The first-order valence-corrected chi connectivity index (χ1v) is 4.29. The predicted octanol–water partition coefficient (Wildman–Crippen LogP) is 2.02. The van der Waals surface area contributed by atoms with E-state index >= 15 is 0 Å². The van der Waals surface area contributed by atoms with Gasteiger partial charge < -0.3 is 0 Å². The van der Waals surface area contributed by atoms with Crippen LogP contribution in [0.1, 0.15) is 25.1 Å². The quantitative estimate of drug-likeness (QED) is 0.570. The van der Waals surface area contributed by atoms with E-state index < -0.39 is 0 Å². The summed E-state index contributed by atoms with van der Waals surface area (Å²) in [6.45, 7) is 4.50. The second kappa shape index (κ2) is 2.22. The van der Waals surface area contributed by atoms with E-state index in [1.54, 1.807) is 0 Å². The Hall–Kier alpha value is -1.05. The number of allylic oxidation sites excluding steroid dienone is 1. The van der Waals surface area contributed by atoms with Crippen molar-refractivity contribution in [2.45, 2.75) is 20.3 Å². The molecule has 0 aliphatic heterocycles. The Morgan fingerprint density at radius 1 is 1.50 bits per heavy atom. The van der Waals surface area contributed by atoms with Crippen molar-refractivity contribution >= 4 is 6.08 Å². The Labute approximate surface area is 72.9 Å². The van der Waals surface area contributed by atoms with Crippen molar-refractivity contribution < 1.29 is 0 Å². The fourth-order valence-corrected chi connectivity index (χ4v) is 1.69. The van der Waals surface area contributed by atoms with Crippen LogP contribution >= 0.6 is 0 Å². The summed E-state index contributed by atoms with van der Waals surface area (Å²) in [5, 5.41) is 4.35. The van der Waals surface area contributed by atoms with Crippen LogP contribution in [0.4, 0.5) is 0 Å². The average molecular weight is 162 g/mol. The highest BCUT2D eigenvalue weighted by atomic mass is 15.2. The molecule has 1 heterocycles. The number of hydrogen-bond acceptors (Lipinski definition) is 1. The van der Waals surface area contributed by atoms with Gasteiger partial charge in [0.1, 0.15) is 0 Å². The lowest BCUT2D eigenvalue weighted by Crippen LogP contribution is -2.14. The molecular formula is C10H14N2. The van der Waals surface area contributed by atoms with Gasteiger partial charge >= 0.3 is 0 Å². The molecule has 1 aromatic rings. The fraction of sp³-hybridized carbons (Fsp3) is 0.500. The fourth-order valence-electron chi connectivity index (χ4n) is 1.69. The predicted molar refractivity (Wildman–Crippen MR) is 49.7 cm³/mol. The Morgan fingerprint density at radius 2 is 2.25 bits per heavy atom. The van der Waals surface area contributed by atoms with Crippen LogP contribution in [0.3, 0.4) is 0 Å². The minimum Gasteiger partial charge on any atom is -0.275 e. The monoisotopic (exact) mass is 162 g/mol. The Morgan fingerprint density at radius 3 is 3.00 bits per heavy atom. The third-order valence-electron chi connectivity index (χ3n) is 2.28. The van der Waals surface area contributed by atoms with Gasteiger partial charge in [-0.25, -0.2) is 0 Å². The maximum Gasteiger partial charge on any atom is 0.0880 e. The average Bonchev–Trinajstić information content (AvgIpc) is 2.26. The van der Waals surface area contributed by atoms with Crippen LogP contribution in [-0.4, -0.2) is 9.78 Å². The first-order chi connectivity index (χ1) is 5.57. The number of aromatic nitrogens is 2. The van der Waals surface area contributed by atoms with Crippen molar-refractivity contribution in [1.82, 2.24) is 9.78 Å². The third kappa shape index (κ3) is 1.17. The van der Waals surface area contributed by atoms with Crippen molar-refractivity contribution in [1.29, 1.82) is 0 Å². The van der Waals surface area contributed by atoms with Gasteiger partial charge in [0, 0.05) is 13.2 Å². The molecule has 0 saturated heterocycles. The zero-order chi connectivity index (χ0) is 8.77. The highest BCUT2D eigenvalue weighted by Crippen LogP contribution is 2.30. The van der Waals surface area contributed by atoms with Crippen LogP contribution in [0.15, 0.2) is 12.3 Å². The highest BCUT2D eigenvalue weighted by Gasteiger charge is 2.21. The Kier molecular flexibility index (Phi) is 1.40. The second-order valence-electron chi connectivity index (χ2n) is 4.21. The summed E-state index contributed by atoms with van der Waals surface area (Å²) in [7, 11) is 1.97. The molecule has 0 fully saturated rings. The van der Waals surface area contributed by atoms with Gasteiger partial charge in [0.25, 0.3) is 0 Å². The number of hydrogen-bond donors (Lipinski definition) is 0. The van der Waals surface area contributed by atoms with E-state index in [9.17, 15) is 0 Å². The summed E-state index contributed by atoms with van der Waals surface area (Å²) in [5.74, 6) is 0. The molecule has 12 heavy (non-hydrogen) atoms. The first-order valence-electron chi connectivity index (χ1n) is 4.29. The third-order valence-corrected chi connectivity index (χ3v) is 2.28. The van der Waals surface area contributed by atoms with E-state index in [-0.39, 0.29) is 0 Å². The molecule has 1 aromatic heterocycles. The van der Waals surface area contributed by atoms with Crippen LogP contribution in [0.25, 0.3) is 6.08 Å². The smallest absolute Gasteiger partial charge is 0.0880 e. The van der Waals surface area contributed by atoms with Crippen molar-refractivity contribution in [3.05, 3.63) is 23.5 Å². The summed E-state index contributed by atoms with van der Waals surface area (Å²) < 4.78 is 1.89. The van der Waals surface area contributed by atoms with Gasteiger partial charge in [0.2, 0.25) is 0 Å². The number of nitrogens with zero attached hydrogens (tertiary/aromatic N) is 2. The molecule has 1 aliphatic rings. The molecule has 0 saturated carbocycles. The second-order valence-corrected chi connectivity index (χ2v) is 4.21. The number of fused-ring (bicyclic) bond motifs is 1. The van der Waals surface area contributed by atoms with Crippen LogP contribution in [-0.2, 0) is 13.5 Å². The summed E-state index contributed by atoms with van der Waals surface area (Å²) in [5.41, 5.74) is 2.80. The van der Waals surface area contributed by atoms with Crippen LogP contribution in [0, 0.1) is 5.41 Å². The Balaban J connectivity index is 2.45. The molecule has 0 atom stereocenters. The van der Waals surface area contributed by atoms with E-state index in [1.165, 1.54) is 5.56 Å². The number of aryl methyl sites for hydroxylation is 1. The van der Waals surface area contributed by atoms with Gasteiger partial charge in [0.15, 0.2) is 0 Å². The van der Waals surface area contributed by atoms with Crippen molar-refractivity contribution in [2.75, 3.05) is 0 Å². The maximum atomic E-state index is 4.35. The van der Waals surface area contributed by atoms with Gasteiger partial charge in [0.05, 0.1) is 5.69 Å². The molecule has 0 spiro atoms. The standard InChI is InChI=1S/C10H14N2/c1-10(2)5-4-9-8(6-10)7-12(3)11-9/h4-5,7H,6H2,1-3H3. The molecule has 0 amide bonds. The summed E-state index contributed by atoms with van der Waals surface area (Å²) in [4.78, 5) is 0. The molecule has 0 unspecified atom stereocenters. The van der Waals surface area contributed by atoms with E-state index in [4.69, 9.17) is 0 Å². The molecule has 0 bridgehead atoms. The molecule has 0 N–H and O–H groups in total. The number of rotatable bonds is 0. The van der Waals surface area contributed by atoms with Gasteiger partial charge in [-0.2, -0.15) is 5.10 Å². The topological polar surface area (TPSA) is 17.8 Å². The minimum atomic E-state index is 0.302. The normalized spacial score (nSPS) is 19.2. The van der Waals surface area contributed by atoms with Crippen molar-refractivity contribution in [3.63, 3.8) is 0 Å². The summed E-state index contributed by atoms with van der Waals surface area (Å²) in [6.07, 6.45) is 7.58. The lowest BCUT2D eigenvalue weighted by Gasteiger charge is -2.22. The molecule has 0 radical (unpaired) electrons. The Bertz CT molecular complexity index is 332. The van der Waals surface area contributed by atoms with Crippen LogP contribution < -0.4 is 0 Å². The van der Waals surface area contributed by atoms with Gasteiger partial charge in [-0.05, 0) is 23.5 Å². The van der Waals surface area contributed by atoms with E-state index in [0.717, 1.165) is 12.1 Å². The van der Waals surface area contributed by atoms with Gasteiger partial charge in [-0.15, -0.1) is 0 Å². The van der Waals surface area contributed by atoms with Crippen molar-refractivity contribution in [2.24, 2.45) is 12.5 Å². The molecule has 2 heteroatoms. The van der Waals surface area contributed by atoms with E-state index in [2.05, 4.69) is 37.3 Å². The zero-order valence-corrected chi connectivity index (χ0v) is 7.83. The van der Waals surface area contributed by atoms with Crippen LogP contribution in [0.5, 0.6) is 0 Å².